The monoisotopic (exact) mass is 214 g/mol. The van der Waals surface area contributed by atoms with Gasteiger partial charge in [-0.3, -0.25) is 0 Å². The molecule has 0 saturated heterocycles. The van der Waals surface area contributed by atoms with Gasteiger partial charge in [-0.25, -0.2) is 0 Å². The molecule has 0 saturated carbocycles. The summed E-state index contributed by atoms with van der Waals surface area (Å²) in [6.45, 7) is 8.57. The third-order valence-corrected chi connectivity index (χ3v) is 2.59. The maximum atomic E-state index is 5.54. The molecule has 0 amide bonds. The first-order chi connectivity index (χ1) is 7.27. The zero-order chi connectivity index (χ0) is 11.4. The Balaban J connectivity index is 2.87. The maximum absolute atomic E-state index is 5.54. The van der Waals surface area contributed by atoms with Crippen molar-refractivity contribution in [2.24, 2.45) is 5.92 Å². The van der Waals surface area contributed by atoms with Crippen LogP contribution in [0.5, 0.6) is 0 Å². The summed E-state index contributed by atoms with van der Waals surface area (Å²) in [5, 5.41) is 0. The summed E-state index contributed by atoms with van der Waals surface area (Å²) in [5.41, 5.74) is 0. The van der Waals surface area contributed by atoms with Crippen LogP contribution in [0.1, 0.15) is 72.1 Å². The van der Waals surface area contributed by atoms with Crippen LogP contribution in [0, 0.1) is 5.92 Å². The first kappa shape index (κ1) is 15.0. The number of unbranched alkanes of at least 4 members (excludes halogenated alkanes) is 7. The molecule has 92 valence electrons. The minimum absolute atomic E-state index is 0.680. The highest BCUT2D eigenvalue weighted by Crippen LogP contribution is 2.08. The number of rotatable bonds is 11. The van der Waals surface area contributed by atoms with Crippen LogP contribution in [0.25, 0.3) is 0 Å². The molecule has 0 fully saturated rings. The van der Waals surface area contributed by atoms with Gasteiger partial charge in [0, 0.05) is 13.2 Å². The second-order valence-electron chi connectivity index (χ2n) is 4.94. The van der Waals surface area contributed by atoms with E-state index in [2.05, 4.69) is 20.8 Å². The zero-order valence-corrected chi connectivity index (χ0v) is 11.1. The standard InChI is InChI=1S/C14H30O/c1-4-5-6-7-8-9-10-11-12-15-13-14(2)3/h14H,4-13H2,1-3H3. The van der Waals surface area contributed by atoms with E-state index in [1.165, 1.54) is 51.4 Å². The van der Waals surface area contributed by atoms with Gasteiger partial charge in [-0.05, 0) is 12.3 Å². The van der Waals surface area contributed by atoms with Crippen LogP contribution in [0.2, 0.25) is 0 Å². The van der Waals surface area contributed by atoms with Crippen LogP contribution in [-0.4, -0.2) is 13.2 Å². The minimum Gasteiger partial charge on any atom is -0.381 e. The summed E-state index contributed by atoms with van der Waals surface area (Å²) < 4.78 is 5.54. The zero-order valence-electron chi connectivity index (χ0n) is 11.1. The molecular formula is C14H30O. The SMILES string of the molecule is CCCCCCCCCCOCC(C)C. The summed E-state index contributed by atoms with van der Waals surface area (Å²) in [4.78, 5) is 0. The topological polar surface area (TPSA) is 9.23 Å². The summed E-state index contributed by atoms with van der Waals surface area (Å²) in [7, 11) is 0. The third kappa shape index (κ3) is 14.0. The number of hydrogen-bond donors (Lipinski definition) is 0. The van der Waals surface area contributed by atoms with Crippen LogP contribution in [-0.2, 0) is 4.74 Å². The van der Waals surface area contributed by atoms with E-state index < -0.39 is 0 Å². The Morgan fingerprint density at radius 1 is 0.800 bits per heavy atom. The van der Waals surface area contributed by atoms with Crippen molar-refractivity contribution in [2.75, 3.05) is 13.2 Å². The molecule has 0 aliphatic rings. The van der Waals surface area contributed by atoms with Gasteiger partial charge in [-0.2, -0.15) is 0 Å². The lowest BCUT2D eigenvalue weighted by Crippen LogP contribution is -2.02. The van der Waals surface area contributed by atoms with Crippen molar-refractivity contribution in [3.8, 4) is 0 Å². The van der Waals surface area contributed by atoms with E-state index >= 15 is 0 Å². The van der Waals surface area contributed by atoms with Gasteiger partial charge < -0.3 is 4.74 Å². The van der Waals surface area contributed by atoms with Gasteiger partial charge in [-0.1, -0.05) is 65.7 Å². The Hall–Kier alpha value is -0.0400. The van der Waals surface area contributed by atoms with E-state index in [0.717, 1.165) is 13.2 Å². The van der Waals surface area contributed by atoms with Crippen molar-refractivity contribution in [1.29, 1.82) is 0 Å². The molecule has 1 nitrogen and oxygen atoms in total. The predicted molar refractivity (Wildman–Crippen MR) is 68.3 cm³/mol. The molecule has 0 unspecified atom stereocenters. The fraction of sp³-hybridized carbons (Fsp3) is 1.00. The summed E-state index contributed by atoms with van der Waals surface area (Å²) in [5.74, 6) is 0.680. The summed E-state index contributed by atoms with van der Waals surface area (Å²) in [6.07, 6.45) is 11.0. The van der Waals surface area contributed by atoms with Crippen molar-refractivity contribution >= 4 is 0 Å². The molecule has 1 heteroatoms. The lowest BCUT2D eigenvalue weighted by atomic mass is 10.1. The molecule has 15 heavy (non-hydrogen) atoms. The highest BCUT2D eigenvalue weighted by atomic mass is 16.5. The average molecular weight is 214 g/mol. The Kier molecular flexibility index (Phi) is 12.0. The fourth-order valence-corrected chi connectivity index (χ4v) is 1.66. The Bertz CT molecular complexity index is 110. The number of ether oxygens (including phenoxy) is 1. The van der Waals surface area contributed by atoms with Crippen molar-refractivity contribution in [2.45, 2.75) is 72.1 Å². The van der Waals surface area contributed by atoms with Crippen LogP contribution in [0.3, 0.4) is 0 Å². The summed E-state index contributed by atoms with van der Waals surface area (Å²) >= 11 is 0. The summed E-state index contributed by atoms with van der Waals surface area (Å²) in [6, 6.07) is 0. The van der Waals surface area contributed by atoms with Crippen molar-refractivity contribution < 1.29 is 4.74 Å². The molecule has 0 spiro atoms. The van der Waals surface area contributed by atoms with Crippen LogP contribution >= 0.6 is 0 Å². The molecule has 0 aromatic rings. The van der Waals surface area contributed by atoms with Crippen molar-refractivity contribution in [3.63, 3.8) is 0 Å². The van der Waals surface area contributed by atoms with E-state index in [4.69, 9.17) is 4.74 Å². The Labute approximate surface area is 96.6 Å². The molecule has 0 aliphatic heterocycles. The largest absolute Gasteiger partial charge is 0.381 e. The third-order valence-electron chi connectivity index (χ3n) is 2.59. The van der Waals surface area contributed by atoms with E-state index in [0.29, 0.717) is 5.92 Å². The highest BCUT2D eigenvalue weighted by Gasteiger charge is 1.94. The lowest BCUT2D eigenvalue weighted by molar-refractivity contribution is 0.106. The molecule has 0 aromatic heterocycles. The van der Waals surface area contributed by atoms with Gasteiger partial charge in [0.05, 0.1) is 0 Å². The molecule has 0 aromatic carbocycles. The van der Waals surface area contributed by atoms with E-state index in [1.807, 2.05) is 0 Å². The second kappa shape index (κ2) is 12.0. The van der Waals surface area contributed by atoms with E-state index in [9.17, 15) is 0 Å². The van der Waals surface area contributed by atoms with Gasteiger partial charge in [0.1, 0.15) is 0 Å². The molecule has 0 radical (unpaired) electrons. The Morgan fingerprint density at radius 3 is 1.87 bits per heavy atom. The predicted octanol–water partition coefficient (Wildman–Crippen LogP) is 4.80. The second-order valence-corrected chi connectivity index (χ2v) is 4.94. The molecule has 0 heterocycles. The van der Waals surface area contributed by atoms with Gasteiger partial charge in [0.2, 0.25) is 0 Å². The molecule has 0 atom stereocenters. The molecule has 0 rings (SSSR count). The first-order valence-electron chi connectivity index (χ1n) is 6.85. The quantitative estimate of drug-likeness (QED) is 0.449. The maximum Gasteiger partial charge on any atom is 0.0488 e. The molecule has 0 N–H and O–H groups in total. The van der Waals surface area contributed by atoms with Gasteiger partial charge in [0.25, 0.3) is 0 Å². The van der Waals surface area contributed by atoms with Crippen molar-refractivity contribution in [1.82, 2.24) is 0 Å². The van der Waals surface area contributed by atoms with Gasteiger partial charge in [0.15, 0.2) is 0 Å². The van der Waals surface area contributed by atoms with Gasteiger partial charge in [-0.15, -0.1) is 0 Å². The fourth-order valence-electron chi connectivity index (χ4n) is 1.66. The number of hydrogen-bond acceptors (Lipinski definition) is 1. The Morgan fingerprint density at radius 2 is 1.33 bits per heavy atom. The van der Waals surface area contributed by atoms with Gasteiger partial charge >= 0.3 is 0 Å². The van der Waals surface area contributed by atoms with Crippen LogP contribution < -0.4 is 0 Å². The van der Waals surface area contributed by atoms with Crippen molar-refractivity contribution in [3.05, 3.63) is 0 Å². The van der Waals surface area contributed by atoms with E-state index in [-0.39, 0.29) is 0 Å². The van der Waals surface area contributed by atoms with Crippen LogP contribution in [0.15, 0.2) is 0 Å². The lowest BCUT2D eigenvalue weighted by Gasteiger charge is -2.06. The molecular weight excluding hydrogens is 184 g/mol. The van der Waals surface area contributed by atoms with E-state index in [1.54, 1.807) is 0 Å². The molecule has 0 aliphatic carbocycles. The average Bonchev–Trinajstić information content (AvgIpc) is 2.20. The highest BCUT2D eigenvalue weighted by molar-refractivity contribution is 4.46. The van der Waals surface area contributed by atoms with Crippen LogP contribution in [0.4, 0.5) is 0 Å². The first-order valence-corrected chi connectivity index (χ1v) is 6.85. The molecule has 0 bridgehead atoms. The smallest absolute Gasteiger partial charge is 0.0488 e. The minimum atomic E-state index is 0.680. The normalized spacial score (nSPS) is 11.2.